The van der Waals surface area contributed by atoms with Crippen molar-refractivity contribution in [1.82, 2.24) is 20.2 Å². The molecule has 0 aliphatic heterocycles. The Kier molecular flexibility index (Phi) is 4.94. The molecule has 1 aromatic carbocycles. The van der Waals surface area contributed by atoms with Gasteiger partial charge in [0.15, 0.2) is 0 Å². The van der Waals surface area contributed by atoms with Gasteiger partial charge in [-0.05, 0) is 34.2 Å². The monoisotopic (exact) mass is 306 g/mol. The molecule has 1 heterocycles. The van der Waals surface area contributed by atoms with Crippen LogP contribution in [-0.2, 0) is 17.6 Å². The Morgan fingerprint density at radius 2 is 2.33 bits per heavy atom. The second-order valence-electron chi connectivity index (χ2n) is 4.12. The molecule has 0 bridgehead atoms. The third-order valence-corrected chi connectivity index (χ3v) is 3.72. The van der Waals surface area contributed by atoms with Gasteiger partial charge in [-0.25, -0.2) is 9.48 Å². The Labute approximate surface area is 125 Å². The van der Waals surface area contributed by atoms with Gasteiger partial charge in [0, 0.05) is 24.4 Å². The van der Waals surface area contributed by atoms with E-state index in [9.17, 15) is 4.79 Å². The zero-order chi connectivity index (χ0) is 15.2. The molecule has 0 saturated carbocycles. The molecule has 0 unspecified atom stereocenters. The molecule has 0 radical (unpaired) electrons. The molecule has 21 heavy (non-hydrogen) atoms. The van der Waals surface area contributed by atoms with E-state index in [-0.39, 0.29) is 0 Å². The van der Waals surface area contributed by atoms with Crippen LogP contribution in [0.2, 0.25) is 0 Å². The average Bonchev–Trinajstić information content (AvgIpc) is 2.88. The van der Waals surface area contributed by atoms with Gasteiger partial charge in [0.1, 0.15) is 5.75 Å². The Bertz CT molecular complexity index is 669. The lowest BCUT2D eigenvalue weighted by atomic mass is 10.1. The van der Waals surface area contributed by atoms with Crippen molar-refractivity contribution in [1.29, 1.82) is 0 Å². The second kappa shape index (κ2) is 6.89. The summed E-state index contributed by atoms with van der Waals surface area (Å²) >= 11 is 1.48. The molecule has 0 fully saturated rings. The standard InChI is InChI=1S/C13H14N4O3S/c1-17-13(14-15-16-17)21-8-10-7-9(4-6-12(18)19)3-5-11(10)20-2/h3-7H,8H2,1-2H3,(H,18,19). The van der Waals surface area contributed by atoms with Crippen molar-refractivity contribution in [2.45, 2.75) is 10.9 Å². The van der Waals surface area contributed by atoms with E-state index in [1.807, 2.05) is 12.1 Å². The van der Waals surface area contributed by atoms with Gasteiger partial charge in [-0.15, -0.1) is 5.10 Å². The molecule has 8 heteroatoms. The lowest BCUT2D eigenvalue weighted by Gasteiger charge is -2.08. The summed E-state index contributed by atoms with van der Waals surface area (Å²) in [6.45, 7) is 0. The lowest BCUT2D eigenvalue weighted by molar-refractivity contribution is -0.131. The maximum atomic E-state index is 10.6. The summed E-state index contributed by atoms with van der Waals surface area (Å²) in [5, 5.41) is 20.6. The number of ether oxygens (including phenoxy) is 1. The zero-order valence-electron chi connectivity index (χ0n) is 11.6. The number of rotatable bonds is 6. The van der Waals surface area contributed by atoms with E-state index in [1.165, 1.54) is 11.8 Å². The normalized spacial score (nSPS) is 11.0. The number of hydrogen-bond acceptors (Lipinski definition) is 6. The fraction of sp³-hybridized carbons (Fsp3) is 0.231. The number of aromatic nitrogens is 4. The molecule has 1 aromatic heterocycles. The van der Waals surface area contributed by atoms with E-state index in [0.29, 0.717) is 10.9 Å². The van der Waals surface area contributed by atoms with Crippen LogP contribution in [0.15, 0.2) is 29.4 Å². The molecule has 7 nitrogen and oxygen atoms in total. The van der Waals surface area contributed by atoms with Gasteiger partial charge < -0.3 is 9.84 Å². The van der Waals surface area contributed by atoms with Crippen molar-refractivity contribution in [2.75, 3.05) is 7.11 Å². The highest BCUT2D eigenvalue weighted by atomic mass is 32.2. The van der Waals surface area contributed by atoms with Crippen molar-refractivity contribution in [3.05, 3.63) is 35.4 Å². The molecular formula is C13H14N4O3S. The first-order chi connectivity index (χ1) is 10.1. The first-order valence-electron chi connectivity index (χ1n) is 6.03. The maximum Gasteiger partial charge on any atom is 0.328 e. The van der Waals surface area contributed by atoms with Crippen LogP contribution < -0.4 is 4.74 Å². The third kappa shape index (κ3) is 4.06. The summed E-state index contributed by atoms with van der Waals surface area (Å²) in [6.07, 6.45) is 2.64. The van der Waals surface area contributed by atoms with E-state index < -0.39 is 5.97 Å². The van der Waals surface area contributed by atoms with Crippen molar-refractivity contribution in [3.8, 4) is 5.75 Å². The molecule has 2 aromatic rings. The summed E-state index contributed by atoms with van der Waals surface area (Å²) in [5.74, 6) is 0.378. The highest BCUT2D eigenvalue weighted by molar-refractivity contribution is 7.98. The number of hydrogen-bond donors (Lipinski definition) is 1. The first-order valence-corrected chi connectivity index (χ1v) is 7.02. The van der Waals surface area contributed by atoms with Crippen LogP contribution in [-0.4, -0.2) is 38.4 Å². The van der Waals surface area contributed by atoms with Crippen LogP contribution in [0.5, 0.6) is 5.75 Å². The number of methoxy groups -OCH3 is 1. The number of carboxylic acids is 1. The van der Waals surface area contributed by atoms with Crippen LogP contribution in [0.1, 0.15) is 11.1 Å². The van der Waals surface area contributed by atoms with Crippen molar-refractivity contribution < 1.29 is 14.6 Å². The van der Waals surface area contributed by atoms with Gasteiger partial charge in [-0.3, -0.25) is 0 Å². The number of tetrazole rings is 1. The smallest absolute Gasteiger partial charge is 0.328 e. The van der Waals surface area contributed by atoms with Crippen LogP contribution in [0, 0.1) is 0 Å². The lowest BCUT2D eigenvalue weighted by Crippen LogP contribution is -1.95. The fourth-order valence-corrected chi connectivity index (χ4v) is 2.50. The van der Waals surface area contributed by atoms with Crippen LogP contribution >= 0.6 is 11.8 Å². The predicted molar refractivity (Wildman–Crippen MR) is 78.0 cm³/mol. The van der Waals surface area contributed by atoms with E-state index in [4.69, 9.17) is 9.84 Å². The number of benzene rings is 1. The topological polar surface area (TPSA) is 90.1 Å². The quantitative estimate of drug-likeness (QED) is 0.640. The minimum atomic E-state index is -0.980. The second-order valence-corrected chi connectivity index (χ2v) is 5.06. The van der Waals surface area contributed by atoms with Crippen LogP contribution in [0.25, 0.3) is 6.08 Å². The minimum absolute atomic E-state index is 0.617. The summed E-state index contributed by atoms with van der Waals surface area (Å²) < 4.78 is 6.90. The molecule has 110 valence electrons. The van der Waals surface area contributed by atoms with Crippen LogP contribution in [0.4, 0.5) is 0 Å². The molecule has 0 saturated heterocycles. The number of carboxylic acid groups (broad SMARTS) is 1. The minimum Gasteiger partial charge on any atom is -0.496 e. The number of nitrogens with zero attached hydrogens (tertiary/aromatic N) is 4. The van der Waals surface area contributed by atoms with E-state index in [0.717, 1.165) is 23.0 Å². The molecule has 1 N–H and O–H groups in total. The number of thioether (sulfide) groups is 1. The predicted octanol–water partition coefficient (Wildman–Crippen LogP) is 1.61. The largest absolute Gasteiger partial charge is 0.496 e. The number of carbonyl (C=O) groups is 1. The number of aryl methyl sites for hydroxylation is 1. The summed E-state index contributed by atoms with van der Waals surface area (Å²) in [5.41, 5.74) is 1.74. The Morgan fingerprint density at radius 3 is 2.95 bits per heavy atom. The van der Waals surface area contributed by atoms with E-state index in [1.54, 1.807) is 31.0 Å². The van der Waals surface area contributed by atoms with Gasteiger partial charge >= 0.3 is 5.97 Å². The molecular weight excluding hydrogens is 292 g/mol. The van der Waals surface area contributed by atoms with E-state index >= 15 is 0 Å². The Balaban J connectivity index is 2.17. The van der Waals surface area contributed by atoms with Gasteiger partial charge in [0.2, 0.25) is 5.16 Å². The summed E-state index contributed by atoms with van der Waals surface area (Å²) in [4.78, 5) is 10.6. The fourth-order valence-electron chi connectivity index (χ4n) is 1.67. The SMILES string of the molecule is COc1ccc(C=CC(=O)O)cc1CSc1nnnn1C. The molecule has 0 aliphatic carbocycles. The molecule has 0 spiro atoms. The van der Waals surface area contributed by atoms with Gasteiger partial charge in [0.05, 0.1) is 7.11 Å². The van der Waals surface area contributed by atoms with E-state index in [2.05, 4.69) is 15.5 Å². The molecule has 0 atom stereocenters. The first kappa shape index (κ1) is 15.0. The molecule has 0 amide bonds. The molecule has 0 aliphatic rings. The van der Waals surface area contributed by atoms with Gasteiger partial charge in [-0.1, -0.05) is 17.8 Å². The highest BCUT2D eigenvalue weighted by Gasteiger charge is 2.08. The average molecular weight is 306 g/mol. The summed E-state index contributed by atoms with van der Waals surface area (Å²) in [7, 11) is 3.37. The Hall–Kier alpha value is -2.35. The third-order valence-electron chi connectivity index (χ3n) is 2.66. The Morgan fingerprint density at radius 1 is 1.52 bits per heavy atom. The zero-order valence-corrected chi connectivity index (χ0v) is 12.4. The molecule has 2 rings (SSSR count). The summed E-state index contributed by atoms with van der Waals surface area (Å²) in [6, 6.07) is 5.50. The van der Waals surface area contributed by atoms with Gasteiger partial charge in [0.25, 0.3) is 0 Å². The number of aliphatic carboxylic acids is 1. The van der Waals surface area contributed by atoms with Crippen molar-refractivity contribution in [3.63, 3.8) is 0 Å². The van der Waals surface area contributed by atoms with Crippen molar-refractivity contribution in [2.24, 2.45) is 7.05 Å². The maximum absolute atomic E-state index is 10.6. The van der Waals surface area contributed by atoms with Crippen molar-refractivity contribution >= 4 is 23.8 Å². The van der Waals surface area contributed by atoms with Gasteiger partial charge in [-0.2, -0.15) is 0 Å². The van der Waals surface area contributed by atoms with Crippen LogP contribution in [0.3, 0.4) is 0 Å². The highest BCUT2D eigenvalue weighted by Crippen LogP contribution is 2.27.